The Morgan fingerprint density at radius 1 is 1.09 bits per heavy atom. The predicted octanol–water partition coefficient (Wildman–Crippen LogP) is 1.07. The Kier molecular flexibility index (Phi) is 4.86. The molecule has 7 rings (SSSR count). The number of aromatic nitrogens is 2. The molecule has 5 fully saturated rings. The number of fused-ring (bicyclic) bond motifs is 2. The van der Waals surface area contributed by atoms with Crippen LogP contribution in [-0.2, 0) is 20.4 Å². The third-order valence-corrected chi connectivity index (χ3v) is 11.4. The van der Waals surface area contributed by atoms with Crippen LogP contribution < -0.4 is 15.5 Å². The largest absolute Gasteiger partial charge is 0.351 e. The van der Waals surface area contributed by atoms with E-state index >= 15 is 0 Å². The van der Waals surface area contributed by atoms with Gasteiger partial charge in [0.25, 0.3) is 10.2 Å². The van der Waals surface area contributed by atoms with Gasteiger partial charge in [-0.25, -0.2) is 4.98 Å². The first-order chi connectivity index (χ1) is 16.8. The topological polar surface area (TPSA) is 111 Å². The van der Waals surface area contributed by atoms with E-state index in [9.17, 15) is 13.2 Å². The smallest absolute Gasteiger partial charge is 0.282 e. The number of rotatable bonds is 5. The second-order valence-electron chi connectivity index (χ2n) is 11.9. The van der Waals surface area contributed by atoms with Crippen molar-refractivity contribution in [3.8, 4) is 0 Å². The maximum Gasteiger partial charge on any atom is 0.282 e. The van der Waals surface area contributed by atoms with Gasteiger partial charge < -0.3 is 10.6 Å². The minimum atomic E-state index is -3.38. The number of anilines is 2. The first kappa shape index (κ1) is 22.4. The minimum Gasteiger partial charge on any atom is -0.351 e. The van der Waals surface area contributed by atoms with Crippen LogP contribution in [0.2, 0.25) is 0 Å². The fraction of sp³-hybridized carbons (Fsp3) is 0.792. The van der Waals surface area contributed by atoms with Crippen LogP contribution in [0.5, 0.6) is 0 Å². The van der Waals surface area contributed by atoms with Gasteiger partial charge >= 0.3 is 0 Å². The third kappa shape index (κ3) is 3.30. The number of carbonyl (C=O) groups is 1. The molecule has 5 heterocycles. The van der Waals surface area contributed by atoms with E-state index in [1.807, 2.05) is 11.1 Å². The Morgan fingerprint density at radius 3 is 2.43 bits per heavy atom. The molecule has 4 aliphatic heterocycles. The van der Waals surface area contributed by atoms with Gasteiger partial charge in [0.2, 0.25) is 11.9 Å². The van der Waals surface area contributed by atoms with Crippen LogP contribution in [0.25, 0.3) is 0 Å². The molecule has 1 aromatic rings. The molecule has 2 saturated carbocycles. The van der Waals surface area contributed by atoms with E-state index in [0.717, 1.165) is 56.6 Å². The molecule has 2 aliphatic carbocycles. The molecule has 2 spiro atoms. The average Bonchev–Trinajstić information content (AvgIpc) is 3.42. The van der Waals surface area contributed by atoms with Crippen molar-refractivity contribution in [2.24, 2.45) is 11.3 Å². The number of carbonyl (C=O) groups excluding carboxylic acids is 1. The lowest BCUT2D eigenvalue weighted by Crippen LogP contribution is -2.73. The molecule has 1 amide bonds. The summed E-state index contributed by atoms with van der Waals surface area (Å²) in [6.07, 6.45) is 8.44. The molecule has 0 aromatic carbocycles. The third-order valence-electron chi connectivity index (χ3n) is 9.50. The molecule has 0 bridgehead atoms. The van der Waals surface area contributed by atoms with Crippen LogP contribution in [0.3, 0.4) is 0 Å². The SMILES string of the molecule is CC1CCCC1N1C(=O)C2(CC2)c2cnc(NC3CCN(S(=O)(=O)N4CC5(CNC5)C4)CC3)nc21. The van der Waals surface area contributed by atoms with E-state index in [4.69, 9.17) is 4.98 Å². The van der Waals surface area contributed by atoms with E-state index in [1.54, 1.807) is 8.61 Å². The first-order valence-corrected chi connectivity index (χ1v) is 14.6. The number of piperidine rings is 1. The number of hydrogen-bond acceptors (Lipinski definition) is 7. The lowest BCUT2D eigenvalue weighted by molar-refractivity contribution is -0.120. The summed E-state index contributed by atoms with van der Waals surface area (Å²) in [6, 6.07) is 0.345. The van der Waals surface area contributed by atoms with Crippen LogP contribution in [0.1, 0.15) is 57.4 Å². The lowest BCUT2D eigenvalue weighted by Gasteiger charge is -2.55. The average molecular weight is 502 g/mol. The van der Waals surface area contributed by atoms with Gasteiger partial charge in [0.15, 0.2) is 0 Å². The van der Waals surface area contributed by atoms with Gasteiger partial charge in [-0.3, -0.25) is 9.69 Å². The Labute approximate surface area is 207 Å². The maximum atomic E-state index is 13.4. The van der Waals surface area contributed by atoms with Crippen LogP contribution in [0, 0.1) is 11.3 Å². The molecule has 2 unspecified atom stereocenters. The predicted molar refractivity (Wildman–Crippen MR) is 131 cm³/mol. The zero-order chi connectivity index (χ0) is 24.0. The van der Waals surface area contributed by atoms with Crippen molar-refractivity contribution in [3.05, 3.63) is 11.8 Å². The van der Waals surface area contributed by atoms with Crippen molar-refractivity contribution < 1.29 is 13.2 Å². The summed E-state index contributed by atoms with van der Waals surface area (Å²) >= 11 is 0. The fourth-order valence-corrected chi connectivity index (χ4v) is 8.85. The van der Waals surface area contributed by atoms with Crippen LogP contribution in [0.4, 0.5) is 11.8 Å². The van der Waals surface area contributed by atoms with Gasteiger partial charge in [0, 0.05) is 68.5 Å². The van der Waals surface area contributed by atoms with Crippen molar-refractivity contribution in [1.82, 2.24) is 23.9 Å². The molecule has 10 nitrogen and oxygen atoms in total. The number of hydrogen-bond donors (Lipinski definition) is 2. The van der Waals surface area contributed by atoms with Crippen LogP contribution in [0.15, 0.2) is 6.20 Å². The van der Waals surface area contributed by atoms with Crippen molar-refractivity contribution in [1.29, 1.82) is 0 Å². The lowest BCUT2D eigenvalue weighted by atomic mass is 9.76. The second-order valence-corrected chi connectivity index (χ2v) is 13.8. The Morgan fingerprint density at radius 2 is 1.83 bits per heavy atom. The van der Waals surface area contributed by atoms with E-state index in [-0.39, 0.29) is 28.8 Å². The molecule has 0 radical (unpaired) electrons. The summed E-state index contributed by atoms with van der Waals surface area (Å²) in [7, 11) is -3.38. The minimum absolute atomic E-state index is 0.115. The molecule has 2 atom stereocenters. The molecule has 2 N–H and O–H groups in total. The zero-order valence-corrected chi connectivity index (χ0v) is 21.2. The monoisotopic (exact) mass is 501 g/mol. The van der Waals surface area contributed by atoms with Crippen molar-refractivity contribution in [2.45, 2.75) is 69.4 Å². The van der Waals surface area contributed by atoms with Gasteiger partial charge in [-0.05, 0) is 44.4 Å². The number of nitrogens with zero attached hydrogens (tertiary/aromatic N) is 5. The van der Waals surface area contributed by atoms with E-state index < -0.39 is 10.2 Å². The molecule has 190 valence electrons. The Balaban J connectivity index is 1.03. The second kappa shape index (κ2) is 7.60. The molecule has 6 aliphatic rings. The van der Waals surface area contributed by atoms with E-state index in [2.05, 4.69) is 22.5 Å². The maximum absolute atomic E-state index is 13.4. The quantitative estimate of drug-likeness (QED) is 0.621. The summed E-state index contributed by atoms with van der Waals surface area (Å²) < 4.78 is 29.3. The van der Waals surface area contributed by atoms with Gasteiger partial charge in [0.05, 0.1) is 5.41 Å². The van der Waals surface area contributed by atoms with Crippen molar-refractivity contribution in [3.63, 3.8) is 0 Å². The summed E-state index contributed by atoms with van der Waals surface area (Å²) in [5, 5.41) is 6.71. The summed E-state index contributed by atoms with van der Waals surface area (Å²) in [5.74, 6) is 2.07. The highest BCUT2D eigenvalue weighted by Crippen LogP contribution is 2.58. The van der Waals surface area contributed by atoms with Gasteiger partial charge in [-0.2, -0.15) is 22.0 Å². The van der Waals surface area contributed by atoms with Crippen molar-refractivity contribution >= 4 is 27.9 Å². The van der Waals surface area contributed by atoms with E-state index in [0.29, 0.717) is 50.9 Å². The summed E-state index contributed by atoms with van der Waals surface area (Å²) in [4.78, 5) is 24.9. The highest BCUT2D eigenvalue weighted by atomic mass is 32.2. The normalized spacial score (nSPS) is 32.0. The first-order valence-electron chi connectivity index (χ1n) is 13.3. The highest BCUT2D eigenvalue weighted by molar-refractivity contribution is 7.86. The highest BCUT2D eigenvalue weighted by Gasteiger charge is 2.62. The van der Waals surface area contributed by atoms with Gasteiger partial charge in [0.1, 0.15) is 5.82 Å². The molecule has 11 heteroatoms. The molecular weight excluding hydrogens is 466 g/mol. The number of nitrogens with one attached hydrogen (secondary N) is 2. The number of amides is 1. The van der Waals surface area contributed by atoms with Crippen molar-refractivity contribution in [2.75, 3.05) is 49.5 Å². The Bertz CT molecular complexity index is 1150. The standard InChI is InChI=1S/C24H35N7O3S/c1-16-3-2-4-19(16)31-20-18(24(7-8-24)21(31)32)11-26-22(28-20)27-17-5-9-29(10-6-17)35(33,34)30-14-23(15-30)12-25-13-23/h11,16-17,19,25H,2-10,12-15H2,1H3,(H,26,27,28). The zero-order valence-electron chi connectivity index (χ0n) is 20.4. The molecule has 3 saturated heterocycles. The van der Waals surface area contributed by atoms with E-state index in [1.165, 1.54) is 0 Å². The molecular formula is C24H35N7O3S. The summed E-state index contributed by atoms with van der Waals surface area (Å²) in [6.45, 7) is 6.37. The summed E-state index contributed by atoms with van der Waals surface area (Å²) in [5.41, 5.74) is 0.811. The van der Waals surface area contributed by atoms with Crippen LogP contribution in [-0.4, -0.2) is 84.3 Å². The van der Waals surface area contributed by atoms with Gasteiger partial charge in [-0.15, -0.1) is 0 Å². The Hall–Kier alpha value is -1.82. The molecule has 1 aromatic heterocycles. The van der Waals surface area contributed by atoms with Gasteiger partial charge in [-0.1, -0.05) is 13.3 Å². The fourth-order valence-electron chi connectivity index (χ4n) is 6.97. The molecule has 35 heavy (non-hydrogen) atoms. The van der Waals surface area contributed by atoms with Crippen LogP contribution >= 0.6 is 0 Å².